The van der Waals surface area contributed by atoms with Gasteiger partial charge in [-0.15, -0.1) is 11.3 Å². The van der Waals surface area contributed by atoms with Crippen LogP contribution in [0.2, 0.25) is 0 Å². The van der Waals surface area contributed by atoms with Crippen molar-refractivity contribution in [3.8, 4) is 0 Å². The zero-order valence-corrected chi connectivity index (χ0v) is 10.8. The quantitative estimate of drug-likeness (QED) is 0.837. The van der Waals surface area contributed by atoms with Crippen molar-refractivity contribution in [3.63, 3.8) is 0 Å². The molecular weight excluding hydrogens is 250 g/mol. The molecule has 0 unspecified atom stereocenters. The molecule has 0 aliphatic carbocycles. The number of anilines is 1. The molecule has 0 fully saturated rings. The zero-order chi connectivity index (χ0) is 13.0. The van der Waals surface area contributed by atoms with Gasteiger partial charge in [-0.25, -0.2) is 4.98 Å². The molecule has 6 heteroatoms. The lowest BCUT2D eigenvalue weighted by Gasteiger charge is -2.13. The molecule has 0 bridgehead atoms. The molecular formula is C12H13N3O2S. The molecule has 0 atom stereocenters. The first-order chi connectivity index (χ1) is 8.68. The number of hydrogen-bond acceptors (Lipinski definition) is 4. The second kappa shape index (κ2) is 5.59. The van der Waals surface area contributed by atoms with Crippen molar-refractivity contribution in [2.75, 3.05) is 11.9 Å². The number of amides is 1. The number of pyridine rings is 1. The van der Waals surface area contributed by atoms with Gasteiger partial charge in [-0.2, -0.15) is 0 Å². The molecule has 5 nitrogen and oxygen atoms in total. The van der Waals surface area contributed by atoms with Gasteiger partial charge in [0.2, 0.25) is 5.91 Å². The van der Waals surface area contributed by atoms with E-state index in [-0.39, 0.29) is 17.9 Å². The monoisotopic (exact) mass is 263 g/mol. The number of hydrogen-bond donors (Lipinski definition) is 0. The van der Waals surface area contributed by atoms with Crippen molar-refractivity contribution in [3.05, 3.63) is 46.3 Å². The predicted molar refractivity (Wildman–Crippen MR) is 70.8 cm³/mol. The van der Waals surface area contributed by atoms with Gasteiger partial charge in [0.25, 0.3) is 5.56 Å². The van der Waals surface area contributed by atoms with Gasteiger partial charge < -0.3 is 4.57 Å². The van der Waals surface area contributed by atoms with Gasteiger partial charge in [0.05, 0.1) is 0 Å². The van der Waals surface area contributed by atoms with Gasteiger partial charge >= 0.3 is 0 Å². The standard InChI is InChI=1S/C12H13N3O2S/c1-14(12-13-6-9-18-12)10(16)5-8-15-7-3-2-4-11(15)17/h2-4,6-7,9H,5,8H2,1H3. The lowest BCUT2D eigenvalue weighted by Crippen LogP contribution is -2.28. The van der Waals surface area contributed by atoms with Crippen LogP contribution in [-0.2, 0) is 11.3 Å². The van der Waals surface area contributed by atoms with Crippen LogP contribution in [0.3, 0.4) is 0 Å². The first-order valence-corrected chi connectivity index (χ1v) is 6.38. The fraction of sp³-hybridized carbons (Fsp3) is 0.250. The molecule has 0 aromatic carbocycles. The van der Waals surface area contributed by atoms with Crippen LogP contribution in [0.5, 0.6) is 0 Å². The van der Waals surface area contributed by atoms with Gasteiger partial charge in [0.15, 0.2) is 5.13 Å². The lowest BCUT2D eigenvalue weighted by molar-refractivity contribution is -0.118. The highest BCUT2D eigenvalue weighted by Gasteiger charge is 2.12. The van der Waals surface area contributed by atoms with E-state index in [0.717, 1.165) is 0 Å². The summed E-state index contributed by atoms with van der Waals surface area (Å²) in [6.07, 6.45) is 3.62. The highest BCUT2D eigenvalue weighted by atomic mass is 32.1. The van der Waals surface area contributed by atoms with Crippen molar-refractivity contribution >= 4 is 22.4 Å². The zero-order valence-electron chi connectivity index (χ0n) is 9.94. The van der Waals surface area contributed by atoms with Crippen molar-refractivity contribution < 1.29 is 4.79 Å². The Morgan fingerprint density at radius 3 is 3.00 bits per heavy atom. The van der Waals surface area contributed by atoms with E-state index in [0.29, 0.717) is 11.7 Å². The van der Waals surface area contributed by atoms with Gasteiger partial charge in [-0.3, -0.25) is 14.5 Å². The Kier molecular flexibility index (Phi) is 3.88. The number of nitrogens with zero attached hydrogens (tertiary/aromatic N) is 3. The molecule has 1 amide bonds. The van der Waals surface area contributed by atoms with E-state index in [1.807, 2.05) is 5.38 Å². The van der Waals surface area contributed by atoms with Gasteiger partial charge in [0.1, 0.15) is 0 Å². The van der Waals surface area contributed by atoms with Gasteiger partial charge in [-0.1, -0.05) is 6.07 Å². The molecule has 0 spiro atoms. The lowest BCUT2D eigenvalue weighted by atomic mass is 10.3. The van der Waals surface area contributed by atoms with E-state index in [2.05, 4.69) is 4.98 Å². The second-order valence-corrected chi connectivity index (χ2v) is 4.62. The van der Waals surface area contributed by atoms with E-state index < -0.39 is 0 Å². The van der Waals surface area contributed by atoms with Crippen molar-refractivity contribution in [1.82, 2.24) is 9.55 Å². The molecule has 2 rings (SSSR count). The summed E-state index contributed by atoms with van der Waals surface area (Å²) in [5, 5.41) is 2.49. The van der Waals surface area contributed by atoms with Crippen LogP contribution in [0, 0.1) is 0 Å². The van der Waals surface area contributed by atoms with E-state index in [1.165, 1.54) is 26.9 Å². The Morgan fingerprint density at radius 1 is 1.50 bits per heavy atom. The summed E-state index contributed by atoms with van der Waals surface area (Å²) in [6.45, 7) is 0.383. The number of aromatic nitrogens is 2. The normalized spacial score (nSPS) is 10.3. The van der Waals surface area contributed by atoms with Crippen molar-refractivity contribution in [2.24, 2.45) is 0 Å². The highest BCUT2D eigenvalue weighted by Crippen LogP contribution is 2.16. The molecule has 18 heavy (non-hydrogen) atoms. The summed E-state index contributed by atoms with van der Waals surface area (Å²) in [5.41, 5.74) is -0.0952. The largest absolute Gasteiger partial charge is 0.315 e. The summed E-state index contributed by atoms with van der Waals surface area (Å²) in [4.78, 5) is 28.9. The Balaban J connectivity index is 1.97. The fourth-order valence-electron chi connectivity index (χ4n) is 1.52. The molecule has 2 heterocycles. The maximum atomic E-state index is 11.9. The van der Waals surface area contributed by atoms with Crippen LogP contribution in [-0.4, -0.2) is 22.5 Å². The SMILES string of the molecule is CN(C(=O)CCn1ccccc1=O)c1nccs1. The number of rotatable bonds is 4. The molecule has 94 valence electrons. The Bertz CT molecular complexity index is 577. The fourth-order valence-corrected chi connectivity index (χ4v) is 2.14. The molecule has 0 N–H and O–H groups in total. The topological polar surface area (TPSA) is 55.2 Å². The maximum Gasteiger partial charge on any atom is 0.250 e. The van der Waals surface area contributed by atoms with Crippen LogP contribution in [0.15, 0.2) is 40.8 Å². The molecule has 0 saturated heterocycles. The summed E-state index contributed by atoms with van der Waals surface area (Å²) < 4.78 is 1.52. The van der Waals surface area contributed by atoms with E-state index in [4.69, 9.17) is 0 Å². The van der Waals surface area contributed by atoms with Gasteiger partial charge in [-0.05, 0) is 6.07 Å². The molecule has 0 aliphatic rings. The smallest absolute Gasteiger partial charge is 0.250 e. The molecule has 0 aliphatic heterocycles. The minimum Gasteiger partial charge on any atom is -0.315 e. The average Bonchev–Trinajstić information content (AvgIpc) is 2.90. The van der Waals surface area contributed by atoms with E-state index in [9.17, 15) is 9.59 Å². The van der Waals surface area contributed by atoms with Crippen LogP contribution in [0.25, 0.3) is 0 Å². The number of aryl methyl sites for hydroxylation is 1. The van der Waals surface area contributed by atoms with Crippen molar-refractivity contribution in [2.45, 2.75) is 13.0 Å². The third-order valence-electron chi connectivity index (χ3n) is 2.55. The molecule has 2 aromatic rings. The summed E-state index contributed by atoms with van der Waals surface area (Å²) in [6, 6.07) is 4.94. The van der Waals surface area contributed by atoms with Crippen molar-refractivity contribution in [1.29, 1.82) is 0 Å². The number of carbonyl (C=O) groups excluding carboxylic acids is 1. The van der Waals surface area contributed by atoms with Crippen LogP contribution >= 0.6 is 11.3 Å². The highest BCUT2D eigenvalue weighted by molar-refractivity contribution is 7.13. The van der Waals surface area contributed by atoms with E-state index in [1.54, 1.807) is 31.6 Å². The third kappa shape index (κ3) is 2.84. The molecule has 0 saturated carbocycles. The van der Waals surface area contributed by atoms with E-state index >= 15 is 0 Å². The minimum atomic E-state index is -0.0952. The summed E-state index contributed by atoms with van der Waals surface area (Å²) in [5.74, 6) is -0.0549. The third-order valence-corrected chi connectivity index (χ3v) is 3.39. The Labute approximate surface area is 108 Å². The summed E-state index contributed by atoms with van der Waals surface area (Å²) >= 11 is 1.41. The Morgan fingerprint density at radius 2 is 2.33 bits per heavy atom. The minimum absolute atomic E-state index is 0.0549. The number of thiazole rings is 1. The first-order valence-electron chi connectivity index (χ1n) is 5.50. The second-order valence-electron chi connectivity index (χ2n) is 3.75. The first kappa shape index (κ1) is 12.5. The molecule has 2 aromatic heterocycles. The van der Waals surface area contributed by atoms with Gasteiger partial charge in [0, 0.05) is 43.9 Å². The van der Waals surface area contributed by atoms with Crippen LogP contribution < -0.4 is 10.5 Å². The Hall–Kier alpha value is -1.95. The van der Waals surface area contributed by atoms with Crippen LogP contribution in [0.4, 0.5) is 5.13 Å². The maximum absolute atomic E-state index is 11.9. The predicted octanol–water partition coefficient (Wildman–Crippen LogP) is 1.36. The average molecular weight is 263 g/mol. The molecule has 0 radical (unpaired) electrons. The number of carbonyl (C=O) groups is 1. The summed E-state index contributed by atoms with van der Waals surface area (Å²) in [7, 11) is 1.69. The van der Waals surface area contributed by atoms with Crippen LogP contribution in [0.1, 0.15) is 6.42 Å².